The van der Waals surface area contributed by atoms with Gasteiger partial charge in [-0.25, -0.2) is 0 Å². The van der Waals surface area contributed by atoms with Crippen molar-refractivity contribution in [3.63, 3.8) is 0 Å². The molecule has 0 atom stereocenters. The molecule has 168 valence electrons. The summed E-state index contributed by atoms with van der Waals surface area (Å²) in [6, 6.07) is 6.45. The fraction of sp³-hybridized carbons (Fsp3) is 0.609. The van der Waals surface area contributed by atoms with Gasteiger partial charge in [0.2, 0.25) is 11.7 Å². The molecule has 1 amide bonds. The van der Waals surface area contributed by atoms with E-state index >= 15 is 0 Å². The third-order valence-corrected chi connectivity index (χ3v) is 6.22. The molecule has 4 rings (SSSR count). The van der Waals surface area contributed by atoms with Crippen molar-refractivity contribution in [1.82, 2.24) is 15.5 Å². The highest BCUT2D eigenvalue weighted by Gasteiger charge is 2.29. The molecule has 2 aliphatic rings. The second kappa shape index (κ2) is 10.0. The zero-order valence-corrected chi connectivity index (χ0v) is 18.4. The highest BCUT2D eigenvalue weighted by Crippen LogP contribution is 2.32. The van der Waals surface area contributed by atoms with Crippen LogP contribution >= 0.6 is 0 Å². The summed E-state index contributed by atoms with van der Waals surface area (Å²) in [6.07, 6.45) is 7.57. The van der Waals surface area contributed by atoms with Crippen LogP contribution in [0.5, 0.6) is 11.5 Å². The number of amides is 1. The van der Waals surface area contributed by atoms with Crippen molar-refractivity contribution in [3.05, 3.63) is 18.2 Å². The maximum absolute atomic E-state index is 12.6. The molecule has 8 nitrogen and oxygen atoms in total. The fourth-order valence-corrected chi connectivity index (χ4v) is 4.44. The molecule has 1 saturated carbocycles. The lowest BCUT2D eigenvalue weighted by Crippen LogP contribution is -2.44. The van der Waals surface area contributed by atoms with Crippen LogP contribution < -0.4 is 19.7 Å². The number of nitrogens with zero attached hydrogens (tertiary/aromatic N) is 3. The van der Waals surface area contributed by atoms with Crippen LogP contribution in [0.25, 0.3) is 11.4 Å². The predicted octanol–water partition coefficient (Wildman–Crippen LogP) is 3.81. The standard InChI is InChI=1S/C23H32N4O4/c1-3-30-19-10-9-17(15-20(19)29-2)21-25-23(31-26-21)27-13-11-16(12-14-27)22(28)24-18-7-5-4-6-8-18/h9-10,15-16,18H,3-8,11-14H2,1-2H3,(H,24,28). The van der Waals surface area contributed by atoms with E-state index in [1.54, 1.807) is 7.11 Å². The van der Waals surface area contributed by atoms with E-state index in [1.807, 2.05) is 25.1 Å². The van der Waals surface area contributed by atoms with E-state index < -0.39 is 0 Å². The van der Waals surface area contributed by atoms with Crippen molar-refractivity contribution in [2.75, 3.05) is 31.7 Å². The Balaban J connectivity index is 1.34. The van der Waals surface area contributed by atoms with Crippen LogP contribution in [0.2, 0.25) is 0 Å². The Morgan fingerprint density at radius 1 is 1.16 bits per heavy atom. The van der Waals surface area contributed by atoms with Gasteiger partial charge in [0.25, 0.3) is 0 Å². The molecule has 1 aliphatic carbocycles. The molecular formula is C23H32N4O4. The number of nitrogens with one attached hydrogen (secondary N) is 1. The van der Waals surface area contributed by atoms with Crippen LogP contribution in [0, 0.1) is 5.92 Å². The zero-order chi connectivity index (χ0) is 21.6. The van der Waals surface area contributed by atoms with Gasteiger partial charge < -0.3 is 24.2 Å². The van der Waals surface area contributed by atoms with Crippen LogP contribution in [0.1, 0.15) is 51.9 Å². The maximum atomic E-state index is 12.6. The van der Waals surface area contributed by atoms with Gasteiger partial charge in [-0.1, -0.05) is 24.4 Å². The largest absolute Gasteiger partial charge is 0.493 e. The first-order chi connectivity index (χ1) is 15.2. The first-order valence-corrected chi connectivity index (χ1v) is 11.4. The molecule has 2 heterocycles. The van der Waals surface area contributed by atoms with Crippen molar-refractivity contribution < 1.29 is 18.8 Å². The van der Waals surface area contributed by atoms with E-state index in [9.17, 15) is 4.79 Å². The van der Waals surface area contributed by atoms with Crippen molar-refractivity contribution in [2.45, 2.75) is 57.9 Å². The smallest absolute Gasteiger partial charge is 0.324 e. The lowest BCUT2D eigenvalue weighted by Gasteiger charge is -2.31. The lowest BCUT2D eigenvalue weighted by atomic mass is 9.92. The van der Waals surface area contributed by atoms with Crippen molar-refractivity contribution in [3.8, 4) is 22.9 Å². The monoisotopic (exact) mass is 428 g/mol. The van der Waals surface area contributed by atoms with Gasteiger partial charge in [0.05, 0.1) is 13.7 Å². The lowest BCUT2D eigenvalue weighted by molar-refractivity contribution is -0.126. The van der Waals surface area contributed by atoms with Crippen LogP contribution in [0.4, 0.5) is 6.01 Å². The fourth-order valence-electron chi connectivity index (χ4n) is 4.44. The number of piperidine rings is 1. The quantitative estimate of drug-likeness (QED) is 0.717. The van der Waals surface area contributed by atoms with Gasteiger partial charge in [-0.2, -0.15) is 4.98 Å². The minimum absolute atomic E-state index is 0.0657. The summed E-state index contributed by atoms with van der Waals surface area (Å²) in [5.41, 5.74) is 0.803. The number of rotatable bonds is 7. The van der Waals surface area contributed by atoms with Gasteiger partial charge in [0, 0.05) is 30.6 Å². The average molecular weight is 429 g/mol. The average Bonchev–Trinajstić information content (AvgIpc) is 3.30. The van der Waals surface area contributed by atoms with Crippen LogP contribution in [-0.2, 0) is 4.79 Å². The Labute approximate surface area is 183 Å². The number of anilines is 1. The molecule has 0 radical (unpaired) electrons. The van der Waals surface area contributed by atoms with Gasteiger partial charge in [-0.05, 0) is 50.8 Å². The minimum Gasteiger partial charge on any atom is -0.493 e. The van der Waals surface area contributed by atoms with Gasteiger partial charge in [-0.3, -0.25) is 4.79 Å². The summed E-state index contributed by atoms with van der Waals surface area (Å²) in [7, 11) is 1.61. The van der Waals surface area contributed by atoms with E-state index in [0.29, 0.717) is 36.0 Å². The molecule has 31 heavy (non-hydrogen) atoms. The van der Waals surface area contributed by atoms with Crippen LogP contribution in [0.3, 0.4) is 0 Å². The number of ether oxygens (including phenoxy) is 2. The SMILES string of the molecule is CCOc1ccc(-c2noc(N3CCC(C(=O)NC4CCCCC4)CC3)n2)cc1OC. The second-order valence-electron chi connectivity index (χ2n) is 8.30. The molecule has 2 fully saturated rings. The minimum atomic E-state index is 0.0657. The number of hydrogen-bond donors (Lipinski definition) is 1. The maximum Gasteiger partial charge on any atom is 0.324 e. The van der Waals surface area contributed by atoms with Crippen molar-refractivity contribution >= 4 is 11.9 Å². The molecule has 1 aliphatic heterocycles. The molecule has 0 bridgehead atoms. The topological polar surface area (TPSA) is 89.7 Å². The Hall–Kier alpha value is -2.77. The van der Waals surface area contributed by atoms with Crippen LogP contribution in [-0.4, -0.2) is 48.9 Å². The first kappa shape index (κ1) is 21.5. The molecule has 1 aromatic heterocycles. The summed E-state index contributed by atoms with van der Waals surface area (Å²) >= 11 is 0. The third-order valence-electron chi connectivity index (χ3n) is 6.22. The van der Waals surface area contributed by atoms with E-state index in [4.69, 9.17) is 14.0 Å². The molecule has 1 N–H and O–H groups in total. The second-order valence-corrected chi connectivity index (χ2v) is 8.30. The van der Waals surface area contributed by atoms with E-state index in [1.165, 1.54) is 19.3 Å². The highest BCUT2D eigenvalue weighted by molar-refractivity contribution is 5.79. The van der Waals surface area contributed by atoms with Crippen LogP contribution in [0.15, 0.2) is 22.7 Å². The van der Waals surface area contributed by atoms with Gasteiger partial charge >= 0.3 is 6.01 Å². The predicted molar refractivity (Wildman–Crippen MR) is 117 cm³/mol. The van der Waals surface area contributed by atoms with E-state index in [0.717, 1.165) is 44.3 Å². The Morgan fingerprint density at radius 3 is 2.65 bits per heavy atom. The normalized spacial score (nSPS) is 18.1. The van der Waals surface area contributed by atoms with Gasteiger partial charge in [0.1, 0.15) is 0 Å². The number of hydrogen-bond acceptors (Lipinski definition) is 7. The first-order valence-electron chi connectivity index (χ1n) is 11.4. The number of carbonyl (C=O) groups excluding carboxylic acids is 1. The third kappa shape index (κ3) is 5.11. The number of benzene rings is 1. The molecule has 2 aromatic rings. The van der Waals surface area contributed by atoms with E-state index in [-0.39, 0.29) is 11.8 Å². The Bertz CT molecular complexity index is 870. The molecule has 1 aromatic carbocycles. The molecular weight excluding hydrogens is 396 g/mol. The number of carbonyl (C=O) groups is 1. The summed E-state index contributed by atoms with van der Waals surface area (Å²) in [6.45, 7) is 3.96. The van der Waals surface area contributed by atoms with Gasteiger partial charge in [0.15, 0.2) is 11.5 Å². The molecule has 1 saturated heterocycles. The van der Waals surface area contributed by atoms with E-state index in [2.05, 4.69) is 20.4 Å². The number of methoxy groups -OCH3 is 1. The summed E-state index contributed by atoms with van der Waals surface area (Å²) in [5.74, 6) is 2.10. The molecule has 8 heteroatoms. The number of aromatic nitrogens is 2. The summed E-state index contributed by atoms with van der Waals surface area (Å²) in [4.78, 5) is 19.3. The molecule has 0 spiro atoms. The Morgan fingerprint density at radius 2 is 1.94 bits per heavy atom. The summed E-state index contributed by atoms with van der Waals surface area (Å²) in [5, 5.41) is 7.40. The summed E-state index contributed by atoms with van der Waals surface area (Å²) < 4.78 is 16.5. The zero-order valence-electron chi connectivity index (χ0n) is 18.4. The van der Waals surface area contributed by atoms with Gasteiger partial charge in [-0.15, -0.1) is 0 Å². The Kier molecular flexibility index (Phi) is 6.94. The van der Waals surface area contributed by atoms with Crippen molar-refractivity contribution in [1.29, 1.82) is 0 Å². The molecule has 0 unspecified atom stereocenters. The highest BCUT2D eigenvalue weighted by atomic mass is 16.5. The van der Waals surface area contributed by atoms with Crippen molar-refractivity contribution in [2.24, 2.45) is 5.92 Å².